The van der Waals surface area contributed by atoms with E-state index in [9.17, 15) is 4.79 Å². The maximum Gasteiger partial charge on any atom is 0.251 e. The molecule has 0 bridgehead atoms. The number of anilines is 1. The number of carbonyl (C=O) groups excluding carboxylic acids is 1. The summed E-state index contributed by atoms with van der Waals surface area (Å²) in [6, 6.07) is 3.48. The van der Waals surface area contributed by atoms with Crippen molar-refractivity contribution in [3.05, 3.63) is 23.4 Å². The Morgan fingerprint density at radius 2 is 2.31 bits per heavy atom. The third-order valence-corrected chi connectivity index (χ3v) is 2.86. The summed E-state index contributed by atoms with van der Waals surface area (Å²) in [7, 11) is 0. The summed E-state index contributed by atoms with van der Waals surface area (Å²) >= 11 is 1.70. The molecule has 1 atom stereocenters. The predicted molar refractivity (Wildman–Crippen MR) is 68.7 cm³/mol. The fourth-order valence-electron chi connectivity index (χ4n) is 1.42. The molecular weight excluding hydrogens is 222 g/mol. The number of hydrogen-bond acceptors (Lipinski definition) is 4. The van der Waals surface area contributed by atoms with Gasteiger partial charge in [-0.15, -0.1) is 0 Å². The second kappa shape index (κ2) is 5.75. The lowest BCUT2D eigenvalue weighted by atomic mass is 10.2. The van der Waals surface area contributed by atoms with Crippen LogP contribution in [-0.2, 0) is 0 Å². The van der Waals surface area contributed by atoms with Gasteiger partial charge in [0.05, 0.1) is 0 Å². The van der Waals surface area contributed by atoms with E-state index in [1.54, 1.807) is 23.9 Å². The number of aryl methyl sites for hydroxylation is 1. The maximum absolute atomic E-state index is 11.8. The zero-order chi connectivity index (χ0) is 12.1. The van der Waals surface area contributed by atoms with Gasteiger partial charge in [-0.3, -0.25) is 4.79 Å². The van der Waals surface area contributed by atoms with Gasteiger partial charge in [-0.1, -0.05) is 0 Å². The summed E-state index contributed by atoms with van der Waals surface area (Å²) in [5.74, 6) is 1.17. The van der Waals surface area contributed by atoms with E-state index < -0.39 is 0 Å². The smallest absolute Gasteiger partial charge is 0.251 e. The summed E-state index contributed by atoms with van der Waals surface area (Å²) in [4.78, 5) is 15.9. The highest BCUT2D eigenvalue weighted by molar-refractivity contribution is 7.98. The van der Waals surface area contributed by atoms with Crippen molar-refractivity contribution in [2.24, 2.45) is 0 Å². The Bertz CT molecular complexity index is 361. The summed E-state index contributed by atoms with van der Waals surface area (Å²) in [6.07, 6.45) is 2.01. The predicted octanol–water partition coefficient (Wildman–Crippen LogP) is 1.45. The molecule has 0 aliphatic heterocycles. The summed E-state index contributed by atoms with van der Waals surface area (Å²) in [5, 5.41) is 2.91. The molecule has 1 aromatic heterocycles. The van der Waals surface area contributed by atoms with E-state index in [4.69, 9.17) is 5.73 Å². The Labute approximate surface area is 100 Å². The van der Waals surface area contributed by atoms with Crippen molar-refractivity contribution in [1.29, 1.82) is 0 Å². The highest BCUT2D eigenvalue weighted by Gasteiger charge is 2.10. The summed E-state index contributed by atoms with van der Waals surface area (Å²) in [6.45, 7) is 3.80. The Hall–Kier alpha value is -1.23. The molecule has 0 saturated carbocycles. The molecule has 5 heteroatoms. The van der Waals surface area contributed by atoms with Crippen molar-refractivity contribution >= 4 is 23.5 Å². The van der Waals surface area contributed by atoms with E-state index in [1.807, 2.05) is 20.1 Å². The number of nitrogens with one attached hydrogen (secondary N) is 1. The molecule has 0 aliphatic carbocycles. The van der Waals surface area contributed by atoms with Gasteiger partial charge >= 0.3 is 0 Å². The molecule has 3 N–H and O–H groups in total. The first-order valence-electron chi connectivity index (χ1n) is 5.07. The van der Waals surface area contributed by atoms with Crippen molar-refractivity contribution in [2.75, 3.05) is 17.7 Å². The fourth-order valence-corrected chi connectivity index (χ4v) is 2.01. The summed E-state index contributed by atoms with van der Waals surface area (Å²) < 4.78 is 0. The normalized spacial score (nSPS) is 12.2. The Kier molecular flexibility index (Phi) is 4.61. The molecule has 0 spiro atoms. The zero-order valence-corrected chi connectivity index (χ0v) is 10.6. The average Bonchev–Trinajstić information content (AvgIpc) is 2.16. The molecule has 1 amide bonds. The van der Waals surface area contributed by atoms with Crippen LogP contribution in [0.15, 0.2) is 12.1 Å². The molecule has 0 aromatic carbocycles. The van der Waals surface area contributed by atoms with E-state index in [0.29, 0.717) is 11.4 Å². The van der Waals surface area contributed by atoms with Crippen LogP contribution in [0.25, 0.3) is 0 Å². The number of amides is 1. The number of nitrogens with zero attached hydrogens (tertiary/aromatic N) is 1. The second-order valence-corrected chi connectivity index (χ2v) is 4.66. The third kappa shape index (κ3) is 3.73. The summed E-state index contributed by atoms with van der Waals surface area (Å²) in [5.41, 5.74) is 6.91. The Morgan fingerprint density at radius 3 is 2.88 bits per heavy atom. The molecule has 1 aromatic rings. The third-order valence-electron chi connectivity index (χ3n) is 2.03. The fraction of sp³-hybridized carbons (Fsp3) is 0.455. The minimum atomic E-state index is -0.0984. The van der Waals surface area contributed by atoms with Gasteiger partial charge in [0, 0.05) is 23.1 Å². The molecule has 4 nitrogen and oxygen atoms in total. The van der Waals surface area contributed by atoms with E-state index in [-0.39, 0.29) is 11.9 Å². The molecule has 16 heavy (non-hydrogen) atoms. The van der Waals surface area contributed by atoms with E-state index in [2.05, 4.69) is 10.3 Å². The number of nitrogens with two attached hydrogens (primary N) is 1. The quantitative estimate of drug-likeness (QED) is 0.834. The lowest BCUT2D eigenvalue weighted by molar-refractivity contribution is 0.0943. The van der Waals surface area contributed by atoms with Gasteiger partial charge in [-0.2, -0.15) is 11.8 Å². The molecule has 88 valence electrons. The van der Waals surface area contributed by atoms with Crippen molar-refractivity contribution in [1.82, 2.24) is 10.3 Å². The van der Waals surface area contributed by atoms with E-state index in [1.165, 1.54) is 0 Å². The lowest BCUT2D eigenvalue weighted by Gasteiger charge is -2.12. The number of carbonyl (C=O) groups is 1. The van der Waals surface area contributed by atoms with Crippen LogP contribution in [0.1, 0.15) is 23.0 Å². The monoisotopic (exact) mass is 239 g/mol. The standard InChI is InChI=1S/C11H17N3OS/c1-7-4-9(5-10(12)13-7)11(15)14-8(2)6-16-3/h4-5,8H,6H2,1-3H3,(H2,12,13)(H,14,15). The highest BCUT2D eigenvalue weighted by atomic mass is 32.2. The highest BCUT2D eigenvalue weighted by Crippen LogP contribution is 2.07. The lowest BCUT2D eigenvalue weighted by Crippen LogP contribution is -2.34. The van der Waals surface area contributed by atoms with Crippen LogP contribution < -0.4 is 11.1 Å². The van der Waals surface area contributed by atoms with Crippen LogP contribution in [0, 0.1) is 6.92 Å². The maximum atomic E-state index is 11.8. The van der Waals surface area contributed by atoms with Crippen LogP contribution in [0.2, 0.25) is 0 Å². The molecule has 0 fully saturated rings. The number of nitrogen functional groups attached to an aromatic ring is 1. The van der Waals surface area contributed by atoms with E-state index >= 15 is 0 Å². The molecule has 0 saturated heterocycles. The molecule has 1 unspecified atom stereocenters. The molecule has 0 aliphatic rings. The van der Waals surface area contributed by atoms with Gasteiger partial charge in [0.1, 0.15) is 5.82 Å². The minimum Gasteiger partial charge on any atom is -0.384 e. The van der Waals surface area contributed by atoms with Crippen molar-refractivity contribution < 1.29 is 4.79 Å². The number of aromatic nitrogens is 1. The Morgan fingerprint density at radius 1 is 1.62 bits per heavy atom. The number of hydrogen-bond donors (Lipinski definition) is 2. The van der Waals surface area contributed by atoms with Gasteiger partial charge in [0.25, 0.3) is 5.91 Å². The molecule has 1 heterocycles. The van der Waals surface area contributed by atoms with Gasteiger partial charge in [-0.05, 0) is 32.2 Å². The van der Waals surface area contributed by atoms with Gasteiger partial charge < -0.3 is 11.1 Å². The van der Waals surface area contributed by atoms with Crippen molar-refractivity contribution in [3.8, 4) is 0 Å². The number of pyridine rings is 1. The second-order valence-electron chi connectivity index (χ2n) is 3.75. The van der Waals surface area contributed by atoms with Gasteiger partial charge in [0.15, 0.2) is 0 Å². The first-order valence-corrected chi connectivity index (χ1v) is 6.46. The average molecular weight is 239 g/mol. The SMILES string of the molecule is CSCC(C)NC(=O)c1cc(C)nc(N)c1. The van der Waals surface area contributed by atoms with E-state index in [0.717, 1.165) is 11.4 Å². The number of thioether (sulfide) groups is 1. The first-order chi connectivity index (χ1) is 7.52. The molecule has 0 radical (unpaired) electrons. The van der Waals surface area contributed by atoms with Crippen molar-refractivity contribution in [2.45, 2.75) is 19.9 Å². The molecular formula is C11H17N3OS. The van der Waals surface area contributed by atoms with Crippen LogP contribution >= 0.6 is 11.8 Å². The van der Waals surface area contributed by atoms with Crippen LogP contribution in [0.4, 0.5) is 5.82 Å². The topological polar surface area (TPSA) is 68.0 Å². The largest absolute Gasteiger partial charge is 0.384 e. The molecule has 1 rings (SSSR count). The van der Waals surface area contributed by atoms with Gasteiger partial charge in [-0.25, -0.2) is 4.98 Å². The van der Waals surface area contributed by atoms with Crippen molar-refractivity contribution in [3.63, 3.8) is 0 Å². The first kappa shape index (κ1) is 12.8. The minimum absolute atomic E-state index is 0.0984. The number of rotatable bonds is 4. The van der Waals surface area contributed by atoms with Gasteiger partial charge in [0.2, 0.25) is 0 Å². The Balaban J connectivity index is 2.72. The van der Waals surface area contributed by atoms with Crippen LogP contribution in [0.3, 0.4) is 0 Å². The van der Waals surface area contributed by atoms with Crippen LogP contribution in [-0.4, -0.2) is 28.9 Å². The van der Waals surface area contributed by atoms with Crippen LogP contribution in [0.5, 0.6) is 0 Å². The zero-order valence-electron chi connectivity index (χ0n) is 9.78.